The Kier molecular flexibility index (Phi) is 5.77. The number of hydrogen-bond donors (Lipinski definition) is 1. The number of ether oxygens (including phenoxy) is 1. The number of hydrogen-bond acceptors (Lipinski definition) is 4. The number of carboxylic acids is 1. The van der Waals surface area contributed by atoms with Crippen molar-refractivity contribution in [3.05, 3.63) is 83.2 Å². The standard InChI is InChI=1S/C24H17F2NO3S/c1-14-4-2-3-5-18(14)19-11-8-16(12-20(19)23(28)29)22-27-21(13-31-22)15-6-9-17(10-7-15)30-24(25)26/h2-13,24H,1H3,(H,28,29). The summed E-state index contributed by atoms with van der Waals surface area (Å²) in [5.74, 6) is -0.932. The average Bonchev–Trinajstić information content (AvgIpc) is 3.24. The van der Waals surface area contributed by atoms with Crippen LogP contribution in [0.15, 0.2) is 72.1 Å². The molecule has 1 N–H and O–H groups in total. The molecule has 156 valence electrons. The van der Waals surface area contributed by atoms with Crippen LogP contribution in [-0.2, 0) is 0 Å². The number of thiazole rings is 1. The Bertz CT molecular complexity index is 1240. The summed E-state index contributed by atoms with van der Waals surface area (Å²) in [5, 5.41) is 12.3. The summed E-state index contributed by atoms with van der Waals surface area (Å²) in [4.78, 5) is 16.5. The van der Waals surface area contributed by atoms with Gasteiger partial charge in [0.1, 0.15) is 10.8 Å². The number of alkyl halides is 2. The predicted molar refractivity (Wildman–Crippen MR) is 117 cm³/mol. The SMILES string of the molecule is Cc1ccccc1-c1ccc(-c2nc(-c3ccc(OC(F)F)cc3)cs2)cc1C(=O)O. The molecule has 4 aromatic rings. The number of carboxylic acid groups (broad SMARTS) is 1. The Morgan fingerprint density at radius 2 is 1.71 bits per heavy atom. The van der Waals surface area contributed by atoms with E-state index in [-0.39, 0.29) is 11.3 Å². The van der Waals surface area contributed by atoms with Crippen LogP contribution >= 0.6 is 11.3 Å². The van der Waals surface area contributed by atoms with Crippen LogP contribution < -0.4 is 4.74 Å². The van der Waals surface area contributed by atoms with Gasteiger partial charge in [0.15, 0.2) is 0 Å². The molecular weight excluding hydrogens is 420 g/mol. The monoisotopic (exact) mass is 437 g/mol. The Hall–Kier alpha value is -3.58. The molecule has 1 heterocycles. The second kappa shape index (κ2) is 8.65. The van der Waals surface area contributed by atoms with Gasteiger partial charge in [-0.3, -0.25) is 0 Å². The summed E-state index contributed by atoms with van der Waals surface area (Å²) in [7, 11) is 0. The summed E-state index contributed by atoms with van der Waals surface area (Å²) >= 11 is 1.38. The molecule has 3 aromatic carbocycles. The molecule has 0 fully saturated rings. The van der Waals surface area contributed by atoms with E-state index in [1.54, 1.807) is 24.3 Å². The zero-order valence-corrected chi connectivity index (χ0v) is 17.2. The predicted octanol–water partition coefficient (Wildman–Crippen LogP) is 6.75. The minimum Gasteiger partial charge on any atom is -0.478 e. The lowest BCUT2D eigenvalue weighted by Gasteiger charge is -2.10. The highest BCUT2D eigenvalue weighted by Gasteiger charge is 2.16. The van der Waals surface area contributed by atoms with Gasteiger partial charge in [-0.2, -0.15) is 8.78 Å². The van der Waals surface area contributed by atoms with Gasteiger partial charge in [-0.05, 0) is 53.9 Å². The molecule has 0 atom stereocenters. The lowest BCUT2D eigenvalue weighted by Crippen LogP contribution is -2.01. The molecule has 1 aromatic heterocycles. The number of rotatable bonds is 6. The summed E-state index contributed by atoms with van der Waals surface area (Å²) < 4.78 is 29.0. The third-order valence-electron chi connectivity index (χ3n) is 4.81. The molecule has 4 rings (SSSR count). The van der Waals surface area contributed by atoms with Gasteiger partial charge in [0.05, 0.1) is 11.3 Å². The molecule has 7 heteroatoms. The molecule has 0 aliphatic heterocycles. The van der Waals surface area contributed by atoms with Crippen molar-refractivity contribution in [3.8, 4) is 38.7 Å². The smallest absolute Gasteiger partial charge is 0.387 e. The molecule has 0 aliphatic carbocycles. The fourth-order valence-electron chi connectivity index (χ4n) is 3.31. The van der Waals surface area contributed by atoms with Crippen molar-refractivity contribution in [2.45, 2.75) is 13.5 Å². The van der Waals surface area contributed by atoms with Gasteiger partial charge in [-0.25, -0.2) is 9.78 Å². The van der Waals surface area contributed by atoms with E-state index in [9.17, 15) is 18.7 Å². The van der Waals surface area contributed by atoms with Crippen molar-refractivity contribution in [1.82, 2.24) is 4.98 Å². The zero-order valence-electron chi connectivity index (χ0n) is 16.4. The largest absolute Gasteiger partial charge is 0.478 e. The van der Waals surface area contributed by atoms with Gasteiger partial charge in [-0.1, -0.05) is 36.4 Å². The first-order valence-corrected chi connectivity index (χ1v) is 10.2. The van der Waals surface area contributed by atoms with Crippen molar-refractivity contribution >= 4 is 17.3 Å². The summed E-state index contributed by atoms with van der Waals surface area (Å²) in [6.07, 6.45) is 0. The van der Waals surface area contributed by atoms with Gasteiger partial charge in [0.2, 0.25) is 0 Å². The maximum absolute atomic E-state index is 12.3. The van der Waals surface area contributed by atoms with Gasteiger partial charge in [0.25, 0.3) is 0 Å². The molecule has 0 amide bonds. The van der Waals surface area contributed by atoms with Crippen molar-refractivity contribution < 1.29 is 23.4 Å². The van der Waals surface area contributed by atoms with Crippen LogP contribution in [0.25, 0.3) is 33.0 Å². The topological polar surface area (TPSA) is 59.4 Å². The number of nitrogens with zero attached hydrogens (tertiary/aromatic N) is 1. The molecule has 0 bridgehead atoms. The number of aryl methyl sites for hydroxylation is 1. The Balaban J connectivity index is 1.67. The summed E-state index contributed by atoms with van der Waals surface area (Å²) in [5.41, 5.74) is 4.84. The van der Waals surface area contributed by atoms with Crippen LogP contribution in [0.3, 0.4) is 0 Å². The third kappa shape index (κ3) is 4.46. The minimum absolute atomic E-state index is 0.0760. The zero-order chi connectivity index (χ0) is 22.0. The van der Waals surface area contributed by atoms with Crippen LogP contribution in [-0.4, -0.2) is 22.7 Å². The first-order valence-electron chi connectivity index (χ1n) is 9.37. The fourth-order valence-corrected chi connectivity index (χ4v) is 4.14. The number of halogens is 2. The van der Waals surface area contributed by atoms with Crippen LogP contribution in [0.1, 0.15) is 15.9 Å². The second-order valence-corrected chi connectivity index (χ2v) is 7.68. The normalized spacial score (nSPS) is 11.0. The Morgan fingerprint density at radius 3 is 2.39 bits per heavy atom. The molecule has 0 saturated carbocycles. The average molecular weight is 437 g/mol. The number of benzene rings is 3. The quantitative estimate of drug-likeness (QED) is 0.362. The van der Waals surface area contributed by atoms with E-state index in [0.29, 0.717) is 21.8 Å². The Morgan fingerprint density at radius 1 is 1.00 bits per heavy atom. The van der Waals surface area contributed by atoms with E-state index >= 15 is 0 Å². The summed E-state index contributed by atoms with van der Waals surface area (Å²) in [6, 6.07) is 19.2. The molecule has 0 saturated heterocycles. The second-order valence-electron chi connectivity index (χ2n) is 6.82. The van der Waals surface area contributed by atoms with E-state index in [1.807, 2.05) is 42.6 Å². The molecule has 0 unspecified atom stereocenters. The first-order chi connectivity index (χ1) is 14.9. The van der Waals surface area contributed by atoms with E-state index < -0.39 is 12.6 Å². The van der Waals surface area contributed by atoms with Crippen molar-refractivity contribution in [2.75, 3.05) is 0 Å². The van der Waals surface area contributed by atoms with E-state index in [0.717, 1.165) is 16.7 Å². The Labute approximate surface area is 181 Å². The van der Waals surface area contributed by atoms with Crippen molar-refractivity contribution in [2.24, 2.45) is 0 Å². The molecule has 0 radical (unpaired) electrons. The lowest BCUT2D eigenvalue weighted by molar-refractivity contribution is -0.0498. The first kappa shape index (κ1) is 20.7. The number of aromatic carboxylic acids is 1. The van der Waals surface area contributed by atoms with Gasteiger partial charge in [-0.15, -0.1) is 11.3 Å². The lowest BCUT2D eigenvalue weighted by atomic mass is 9.94. The highest BCUT2D eigenvalue weighted by molar-refractivity contribution is 7.13. The minimum atomic E-state index is -2.87. The highest BCUT2D eigenvalue weighted by atomic mass is 32.1. The van der Waals surface area contributed by atoms with Crippen LogP contribution in [0.2, 0.25) is 0 Å². The van der Waals surface area contributed by atoms with Gasteiger partial charge >= 0.3 is 12.6 Å². The maximum atomic E-state index is 12.3. The fraction of sp³-hybridized carbons (Fsp3) is 0.0833. The molecule has 4 nitrogen and oxygen atoms in total. The third-order valence-corrected chi connectivity index (χ3v) is 5.70. The van der Waals surface area contributed by atoms with Gasteiger partial charge in [0, 0.05) is 16.5 Å². The molecular formula is C24H17F2NO3S. The van der Waals surface area contributed by atoms with Crippen LogP contribution in [0.4, 0.5) is 8.78 Å². The van der Waals surface area contributed by atoms with Crippen LogP contribution in [0.5, 0.6) is 5.75 Å². The van der Waals surface area contributed by atoms with E-state index in [2.05, 4.69) is 9.72 Å². The van der Waals surface area contributed by atoms with E-state index in [4.69, 9.17) is 0 Å². The van der Waals surface area contributed by atoms with Crippen LogP contribution in [0, 0.1) is 6.92 Å². The molecule has 31 heavy (non-hydrogen) atoms. The van der Waals surface area contributed by atoms with Crippen molar-refractivity contribution in [3.63, 3.8) is 0 Å². The van der Waals surface area contributed by atoms with Gasteiger partial charge < -0.3 is 9.84 Å². The molecule has 0 aliphatic rings. The number of aromatic nitrogens is 1. The number of carbonyl (C=O) groups is 1. The van der Waals surface area contributed by atoms with E-state index in [1.165, 1.54) is 23.5 Å². The van der Waals surface area contributed by atoms with Crippen molar-refractivity contribution in [1.29, 1.82) is 0 Å². The summed E-state index contributed by atoms with van der Waals surface area (Å²) in [6.45, 7) is -0.928. The molecule has 0 spiro atoms. The maximum Gasteiger partial charge on any atom is 0.387 e. The highest BCUT2D eigenvalue weighted by Crippen LogP contribution is 2.34.